The predicted molar refractivity (Wildman–Crippen MR) is 99.3 cm³/mol. The number of hydrogen-bond donors (Lipinski definition) is 2. The van der Waals surface area contributed by atoms with E-state index in [1.54, 1.807) is 12.3 Å². The Morgan fingerprint density at radius 3 is 2.40 bits per heavy atom. The van der Waals surface area contributed by atoms with Gasteiger partial charge in [0.05, 0.1) is 11.9 Å². The minimum absolute atomic E-state index is 0.0485. The Hall–Kier alpha value is -3.34. The van der Waals surface area contributed by atoms with Gasteiger partial charge < -0.3 is 15.4 Å². The lowest BCUT2D eigenvalue weighted by Gasteiger charge is -2.09. The summed E-state index contributed by atoms with van der Waals surface area (Å²) < 4.78 is 5.45. The molecule has 3 aromatic rings. The van der Waals surface area contributed by atoms with E-state index in [2.05, 4.69) is 15.6 Å². The molecule has 1 aromatic heterocycles. The van der Waals surface area contributed by atoms with Gasteiger partial charge in [-0.1, -0.05) is 35.9 Å². The molecule has 0 bridgehead atoms. The van der Waals surface area contributed by atoms with Crippen molar-refractivity contribution in [2.75, 3.05) is 17.2 Å². The maximum absolute atomic E-state index is 11.9. The molecule has 0 saturated heterocycles. The zero-order valence-electron chi connectivity index (χ0n) is 13.9. The summed E-state index contributed by atoms with van der Waals surface area (Å²) in [4.78, 5) is 16.2. The van der Waals surface area contributed by atoms with Crippen LogP contribution in [0, 0.1) is 6.92 Å². The molecule has 2 N–H and O–H groups in total. The molecule has 0 spiro atoms. The summed E-state index contributed by atoms with van der Waals surface area (Å²) >= 11 is 0. The molecule has 126 valence electrons. The normalized spacial score (nSPS) is 10.1. The van der Waals surface area contributed by atoms with Crippen LogP contribution in [0.5, 0.6) is 5.75 Å². The number of aromatic nitrogens is 1. The van der Waals surface area contributed by atoms with Crippen LogP contribution in [0.25, 0.3) is 0 Å². The van der Waals surface area contributed by atoms with Crippen LogP contribution in [0.3, 0.4) is 0 Å². The number of ether oxygens (including phenoxy) is 1. The van der Waals surface area contributed by atoms with Crippen molar-refractivity contribution < 1.29 is 9.53 Å². The molecule has 0 unspecified atom stereocenters. The second-order valence-electron chi connectivity index (χ2n) is 5.57. The fourth-order valence-corrected chi connectivity index (χ4v) is 2.19. The van der Waals surface area contributed by atoms with Gasteiger partial charge in [-0.15, -0.1) is 0 Å². The van der Waals surface area contributed by atoms with Crippen molar-refractivity contribution in [1.82, 2.24) is 4.98 Å². The van der Waals surface area contributed by atoms with Crippen LogP contribution in [-0.4, -0.2) is 17.5 Å². The molecule has 25 heavy (non-hydrogen) atoms. The summed E-state index contributed by atoms with van der Waals surface area (Å²) in [5.74, 6) is 1.15. The number of nitrogens with zero attached hydrogens (tertiary/aromatic N) is 1. The second kappa shape index (κ2) is 7.97. The number of benzene rings is 2. The summed E-state index contributed by atoms with van der Waals surface area (Å²) in [6, 6.07) is 20.9. The van der Waals surface area contributed by atoms with Gasteiger partial charge in [-0.2, -0.15) is 0 Å². The number of nitrogens with one attached hydrogen (secondary N) is 2. The number of pyridine rings is 1. The maximum Gasteiger partial charge on any atom is 0.262 e. The van der Waals surface area contributed by atoms with Crippen molar-refractivity contribution in [2.24, 2.45) is 0 Å². The van der Waals surface area contributed by atoms with Crippen LogP contribution in [0.15, 0.2) is 72.9 Å². The number of carbonyl (C=O) groups excluding carboxylic acids is 1. The number of rotatable bonds is 6. The van der Waals surface area contributed by atoms with Gasteiger partial charge in [0, 0.05) is 5.69 Å². The van der Waals surface area contributed by atoms with Crippen LogP contribution in [-0.2, 0) is 4.79 Å². The maximum atomic E-state index is 11.9. The average molecular weight is 333 g/mol. The lowest BCUT2D eigenvalue weighted by molar-refractivity contribution is -0.118. The number of amides is 1. The number of anilines is 3. The van der Waals surface area contributed by atoms with Gasteiger partial charge >= 0.3 is 0 Å². The molecule has 0 saturated carbocycles. The van der Waals surface area contributed by atoms with E-state index in [4.69, 9.17) is 4.74 Å². The monoisotopic (exact) mass is 333 g/mol. The summed E-state index contributed by atoms with van der Waals surface area (Å²) in [6.45, 7) is 1.95. The number of hydrogen-bond acceptors (Lipinski definition) is 4. The van der Waals surface area contributed by atoms with Gasteiger partial charge in [0.25, 0.3) is 5.91 Å². The molecular formula is C20H19N3O2. The lowest BCUT2D eigenvalue weighted by Crippen LogP contribution is -2.20. The highest BCUT2D eigenvalue weighted by Crippen LogP contribution is 2.16. The molecule has 0 radical (unpaired) electrons. The van der Waals surface area contributed by atoms with Gasteiger partial charge in [-0.25, -0.2) is 4.98 Å². The summed E-state index contributed by atoms with van der Waals surface area (Å²) in [7, 11) is 0. The van der Waals surface area contributed by atoms with Gasteiger partial charge in [-0.05, 0) is 43.3 Å². The lowest BCUT2D eigenvalue weighted by atomic mass is 10.2. The standard InChI is InChI=1S/C20H19N3O2/c1-15-7-10-18(11-8-15)25-14-20(24)23-17-9-12-19(21-13-17)22-16-5-3-2-4-6-16/h2-13H,14H2,1H3,(H,21,22)(H,23,24). The first-order chi connectivity index (χ1) is 12.2. The zero-order valence-corrected chi connectivity index (χ0v) is 13.9. The molecule has 0 aliphatic rings. The zero-order chi connectivity index (χ0) is 17.5. The van der Waals surface area contributed by atoms with E-state index in [1.165, 1.54) is 0 Å². The number of aryl methyl sites for hydroxylation is 1. The number of para-hydroxylation sites is 1. The topological polar surface area (TPSA) is 63.2 Å². The third-order valence-corrected chi connectivity index (χ3v) is 3.48. The van der Waals surface area contributed by atoms with E-state index < -0.39 is 0 Å². The fourth-order valence-electron chi connectivity index (χ4n) is 2.19. The first kappa shape index (κ1) is 16.5. The second-order valence-corrected chi connectivity index (χ2v) is 5.57. The summed E-state index contributed by atoms with van der Waals surface area (Å²) in [5.41, 5.74) is 2.72. The third-order valence-electron chi connectivity index (χ3n) is 3.48. The van der Waals surface area contributed by atoms with E-state index in [1.807, 2.05) is 67.6 Å². The molecule has 3 rings (SSSR count). The van der Waals surface area contributed by atoms with E-state index in [0.717, 1.165) is 11.3 Å². The van der Waals surface area contributed by atoms with Gasteiger partial charge in [0.15, 0.2) is 6.61 Å². The minimum atomic E-state index is -0.230. The van der Waals surface area contributed by atoms with Crippen molar-refractivity contribution >= 4 is 23.1 Å². The summed E-state index contributed by atoms with van der Waals surface area (Å²) in [5, 5.41) is 5.95. The Balaban J connectivity index is 1.50. The van der Waals surface area contributed by atoms with Crippen LogP contribution < -0.4 is 15.4 Å². The molecule has 0 aliphatic carbocycles. The molecule has 1 amide bonds. The Morgan fingerprint density at radius 2 is 1.72 bits per heavy atom. The van der Waals surface area contributed by atoms with E-state index >= 15 is 0 Å². The van der Waals surface area contributed by atoms with Crippen LogP contribution >= 0.6 is 0 Å². The third kappa shape index (κ3) is 5.07. The van der Waals surface area contributed by atoms with E-state index in [9.17, 15) is 4.79 Å². The molecule has 0 atom stereocenters. The largest absolute Gasteiger partial charge is 0.484 e. The van der Waals surface area contributed by atoms with Crippen molar-refractivity contribution in [3.05, 3.63) is 78.5 Å². The van der Waals surface area contributed by atoms with Crippen molar-refractivity contribution in [2.45, 2.75) is 6.92 Å². The highest BCUT2D eigenvalue weighted by Gasteiger charge is 2.04. The first-order valence-electron chi connectivity index (χ1n) is 7.96. The van der Waals surface area contributed by atoms with Crippen molar-refractivity contribution in [1.29, 1.82) is 0 Å². The highest BCUT2D eigenvalue weighted by molar-refractivity contribution is 5.91. The van der Waals surface area contributed by atoms with Crippen LogP contribution in [0.1, 0.15) is 5.56 Å². The average Bonchev–Trinajstić information content (AvgIpc) is 2.64. The number of carbonyl (C=O) groups is 1. The minimum Gasteiger partial charge on any atom is -0.484 e. The van der Waals surface area contributed by atoms with Crippen molar-refractivity contribution in [3.8, 4) is 5.75 Å². The molecule has 0 aliphatic heterocycles. The Bertz CT molecular complexity index is 816. The van der Waals surface area contributed by atoms with Crippen molar-refractivity contribution in [3.63, 3.8) is 0 Å². The molecule has 5 nitrogen and oxygen atoms in total. The van der Waals surface area contributed by atoms with E-state index in [-0.39, 0.29) is 12.5 Å². The van der Waals surface area contributed by atoms with Gasteiger partial charge in [0.1, 0.15) is 11.6 Å². The quantitative estimate of drug-likeness (QED) is 0.711. The van der Waals surface area contributed by atoms with Gasteiger partial charge in [-0.3, -0.25) is 4.79 Å². The SMILES string of the molecule is Cc1ccc(OCC(=O)Nc2ccc(Nc3ccccc3)nc2)cc1. The Labute approximate surface area is 146 Å². The Kier molecular flexibility index (Phi) is 5.26. The van der Waals surface area contributed by atoms with Crippen LogP contribution in [0.2, 0.25) is 0 Å². The molecule has 0 fully saturated rings. The first-order valence-corrected chi connectivity index (χ1v) is 7.96. The Morgan fingerprint density at radius 1 is 0.960 bits per heavy atom. The highest BCUT2D eigenvalue weighted by atomic mass is 16.5. The van der Waals surface area contributed by atoms with E-state index in [0.29, 0.717) is 17.3 Å². The smallest absolute Gasteiger partial charge is 0.262 e. The molecule has 1 heterocycles. The van der Waals surface area contributed by atoms with Gasteiger partial charge in [0.2, 0.25) is 0 Å². The summed E-state index contributed by atoms with van der Waals surface area (Å²) in [6.07, 6.45) is 1.61. The predicted octanol–water partition coefficient (Wildman–Crippen LogP) is 4.15. The van der Waals surface area contributed by atoms with Crippen LogP contribution in [0.4, 0.5) is 17.2 Å². The molecule has 2 aromatic carbocycles. The molecule has 5 heteroatoms. The molecular weight excluding hydrogens is 314 g/mol. The fraction of sp³-hybridized carbons (Fsp3) is 0.100.